The van der Waals surface area contributed by atoms with Crippen LogP contribution in [0.1, 0.15) is 45.9 Å². The largest absolute Gasteiger partial charge is 0.478 e. The molecule has 1 saturated carbocycles. The third-order valence-corrected chi connectivity index (χ3v) is 5.91. The topological polar surface area (TPSA) is 55.1 Å². The summed E-state index contributed by atoms with van der Waals surface area (Å²) in [5, 5.41) is 10.6. The highest BCUT2D eigenvalue weighted by Crippen LogP contribution is 2.40. The number of hydrogen-bond acceptors (Lipinski definition) is 2. The summed E-state index contributed by atoms with van der Waals surface area (Å²) in [7, 11) is 1.85. The van der Waals surface area contributed by atoms with Crippen LogP contribution in [-0.4, -0.2) is 20.6 Å². The molecule has 31 heavy (non-hydrogen) atoms. The van der Waals surface area contributed by atoms with Gasteiger partial charge in [-0.2, -0.15) is 0 Å². The smallest absolute Gasteiger partial charge is 0.337 e. The quantitative estimate of drug-likeness (QED) is 0.453. The second kappa shape index (κ2) is 7.30. The van der Waals surface area contributed by atoms with Crippen molar-refractivity contribution in [3.8, 4) is 11.1 Å². The summed E-state index contributed by atoms with van der Waals surface area (Å²) in [6.45, 7) is 0. The molecular weight excluding hydrogens is 398 g/mol. The molecular formula is C25H20F2N2O2. The number of fused-ring (bicyclic) bond motifs is 1. The van der Waals surface area contributed by atoms with Gasteiger partial charge in [0.1, 0.15) is 0 Å². The third kappa shape index (κ3) is 3.48. The molecule has 2 aromatic heterocycles. The lowest BCUT2D eigenvalue weighted by Crippen LogP contribution is -2.07. The first-order valence-electron chi connectivity index (χ1n) is 10.2. The normalized spacial score (nSPS) is 13.6. The maximum atomic E-state index is 14.6. The maximum Gasteiger partial charge on any atom is 0.337 e. The van der Waals surface area contributed by atoms with E-state index >= 15 is 0 Å². The molecule has 0 aliphatic heterocycles. The summed E-state index contributed by atoms with van der Waals surface area (Å²) in [6, 6.07) is 11.5. The van der Waals surface area contributed by atoms with Gasteiger partial charge in [-0.25, -0.2) is 13.6 Å². The molecule has 1 N–H and O–H groups in total. The Hall–Kier alpha value is -3.54. The Morgan fingerprint density at radius 3 is 2.71 bits per heavy atom. The average molecular weight is 418 g/mol. The van der Waals surface area contributed by atoms with Crippen LogP contribution in [0.4, 0.5) is 8.78 Å². The van der Waals surface area contributed by atoms with Crippen molar-refractivity contribution in [2.45, 2.75) is 25.2 Å². The highest BCUT2D eigenvalue weighted by atomic mass is 19.2. The molecule has 0 spiro atoms. The van der Waals surface area contributed by atoms with Gasteiger partial charge in [0.25, 0.3) is 0 Å². The zero-order valence-electron chi connectivity index (χ0n) is 16.9. The zero-order valence-corrected chi connectivity index (χ0v) is 16.9. The fourth-order valence-electron chi connectivity index (χ4n) is 4.19. The molecule has 0 bridgehead atoms. The first kappa shape index (κ1) is 19.4. The van der Waals surface area contributed by atoms with Gasteiger partial charge in [-0.05, 0) is 60.2 Å². The van der Waals surface area contributed by atoms with Crippen LogP contribution < -0.4 is 0 Å². The van der Waals surface area contributed by atoms with Gasteiger partial charge < -0.3 is 9.67 Å². The van der Waals surface area contributed by atoms with E-state index in [0.29, 0.717) is 17.2 Å². The highest BCUT2D eigenvalue weighted by molar-refractivity contribution is 5.96. The summed E-state index contributed by atoms with van der Waals surface area (Å²) >= 11 is 0. The number of halogens is 2. The number of carboxylic acids is 1. The Morgan fingerprint density at radius 2 is 1.97 bits per heavy atom. The Bertz CT molecular complexity index is 1340. The Balaban J connectivity index is 1.64. The van der Waals surface area contributed by atoms with Crippen molar-refractivity contribution in [3.05, 3.63) is 88.9 Å². The van der Waals surface area contributed by atoms with E-state index in [4.69, 9.17) is 0 Å². The lowest BCUT2D eigenvalue weighted by Gasteiger charge is -2.13. The number of hydrogen-bond donors (Lipinski definition) is 1. The van der Waals surface area contributed by atoms with Gasteiger partial charge in [0.05, 0.1) is 16.8 Å². The molecule has 156 valence electrons. The summed E-state index contributed by atoms with van der Waals surface area (Å²) in [5.41, 5.74) is 3.90. The Kier molecular flexibility index (Phi) is 4.58. The number of carboxylic acid groups (broad SMARTS) is 1. The second-order valence-corrected chi connectivity index (χ2v) is 8.13. The second-order valence-electron chi connectivity index (χ2n) is 8.13. The number of carbonyl (C=O) groups is 1. The van der Waals surface area contributed by atoms with E-state index in [9.17, 15) is 18.7 Å². The average Bonchev–Trinajstić information content (AvgIpc) is 3.53. The van der Waals surface area contributed by atoms with Crippen molar-refractivity contribution < 1.29 is 18.7 Å². The fourth-order valence-corrected chi connectivity index (χ4v) is 4.19. The first-order valence-corrected chi connectivity index (χ1v) is 10.2. The minimum atomic E-state index is -1.01. The van der Waals surface area contributed by atoms with Gasteiger partial charge in [0, 0.05) is 42.4 Å². The summed E-state index contributed by atoms with van der Waals surface area (Å²) < 4.78 is 30.4. The van der Waals surface area contributed by atoms with Crippen molar-refractivity contribution in [1.29, 1.82) is 0 Å². The predicted octanol–water partition coefficient (Wildman–Crippen LogP) is 5.68. The first-order chi connectivity index (χ1) is 14.9. The molecule has 2 heterocycles. The van der Waals surface area contributed by atoms with E-state index in [1.807, 2.05) is 29.9 Å². The molecule has 5 rings (SSSR count). The van der Waals surface area contributed by atoms with Crippen molar-refractivity contribution in [3.63, 3.8) is 0 Å². The van der Waals surface area contributed by atoms with Crippen LogP contribution in [0, 0.1) is 11.6 Å². The molecule has 6 heteroatoms. The lowest BCUT2D eigenvalue weighted by atomic mass is 9.96. The highest BCUT2D eigenvalue weighted by Gasteiger charge is 2.26. The van der Waals surface area contributed by atoms with E-state index in [0.717, 1.165) is 40.9 Å². The fraction of sp³-hybridized carbons (Fsp3) is 0.200. The van der Waals surface area contributed by atoms with Crippen LogP contribution in [0.3, 0.4) is 0 Å². The molecule has 1 fully saturated rings. The number of rotatable bonds is 5. The molecule has 2 aromatic carbocycles. The minimum absolute atomic E-state index is 0.171. The molecule has 1 aliphatic rings. The number of aromatic carboxylic acids is 1. The number of nitrogens with zero attached hydrogens (tertiary/aromatic N) is 2. The van der Waals surface area contributed by atoms with E-state index in [2.05, 4.69) is 4.98 Å². The summed E-state index contributed by atoms with van der Waals surface area (Å²) in [5.74, 6) is -2.42. The van der Waals surface area contributed by atoms with Crippen LogP contribution in [-0.2, 0) is 13.5 Å². The minimum Gasteiger partial charge on any atom is -0.478 e. The van der Waals surface area contributed by atoms with Crippen LogP contribution in [0.25, 0.3) is 22.0 Å². The van der Waals surface area contributed by atoms with Crippen molar-refractivity contribution >= 4 is 16.9 Å². The molecule has 0 amide bonds. The van der Waals surface area contributed by atoms with E-state index in [1.54, 1.807) is 24.4 Å². The predicted molar refractivity (Wildman–Crippen MR) is 114 cm³/mol. The van der Waals surface area contributed by atoms with Gasteiger partial charge >= 0.3 is 5.97 Å². The monoisotopic (exact) mass is 418 g/mol. The molecule has 0 atom stereocenters. The standard InChI is InChI=1S/C25H20F2N2O2/c1-29-8-7-16-9-14(10-19(24(16)29)18-3-2-4-21(26)23(18)27)11-22-20(25(30)31)12-17(13-28-22)15-5-6-15/h2-4,7-10,12-13,15H,5-6,11H2,1H3,(H,30,31). The van der Waals surface area contributed by atoms with E-state index < -0.39 is 17.6 Å². The molecule has 4 nitrogen and oxygen atoms in total. The maximum absolute atomic E-state index is 14.6. The van der Waals surface area contributed by atoms with Crippen molar-refractivity contribution in [2.75, 3.05) is 0 Å². The van der Waals surface area contributed by atoms with E-state index in [-0.39, 0.29) is 17.5 Å². The number of aromatic nitrogens is 2. The lowest BCUT2D eigenvalue weighted by molar-refractivity contribution is 0.0695. The third-order valence-electron chi connectivity index (χ3n) is 5.91. The van der Waals surface area contributed by atoms with Gasteiger partial charge in [-0.1, -0.05) is 12.1 Å². The van der Waals surface area contributed by atoms with Crippen LogP contribution >= 0.6 is 0 Å². The Morgan fingerprint density at radius 1 is 1.16 bits per heavy atom. The van der Waals surface area contributed by atoms with Crippen LogP contribution in [0.5, 0.6) is 0 Å². The van der Waals surface area contributed by atoms with Gasteiger partial charge in [-0.3, -0.25) is 4.98 Å². The molecule has 1 aliphatic carbocycles. The summed E-state index contributed by atoms with van der Waals surface area (Å²) in [4.78, 5) is 16.3. The molecule has 0 unspecified atom stereocenters. The Labute approximate surface area is 177 Å². The summed E-state index contributed by atoms with van der Waals surface area (Å²) in [6.07, 6.45) is 6.02. The van der Waals surface area contributed by atoms with Crippen LogP contribution in [0.2, 0.25) is 0 Å². The van der Waals surface area contributed by atoms with Gasteiger partial charge in [0.15, 0.2) is 11.6 Å². The van der Waals surface area contributed by atoms with Gasteiger partial charge in [-0.15, -0.1) is 0 Å². The molecule has 0 saturated heterocycles. The molecule has 0 radical (unpaired) electrons. The van der Waals surface area contributed by atoms with E-state index in [1.165, 1.54) is 6.07 Å². The molecule has 4 aromatic rings. The number of aryl methyl sites for hydroxylation is 1. The number of pyridine rings is 1. The SMILES string of the molecule is Cn1ccc2cc(Cc3ncc(C4CC4)cc3C(=O)O)cc(-c3cccc(F)c3F)c21. The van der Waals surface area contributed by atoms with Crippen molar-refractivity contribution in [1.82, 2.24) is 9.55 Å². The zero-order chi connectivity index (χ0) is 21.7. The van der Waals surface area contributed by atoms with Crippen LogP contribution in [0.15, 0.2) is 54.9 Å². The van der Waals surface area contributed by atoms with Crippen molar-refractivity contribution in [2.24, 2.45) is 7.05 Å². The van der Waals surface area contributed by atoms with Gasteiger partial charge in [0.2, 0.25) is 0 Å². The number of benzene rings is 2.